The molecule has 1 saturated heterocycles. The second kappa shape index (κ2) is 5.98. The SMILES string of the molecule is CC1CN(c2ccncc2N=C=S)C(C)CN1C(=O)O. The monoisotopic (exact) mass is 292 g/mol. The van der Waals surface area contributed by atoms with Crippen LogP contribution in [0.2, 0.25) is 0 Å². The molecule has 1 aromatic rings. The van der Waals surface area contributed by atoms with E-state index in [0.29, 0.717) is 18.8 Å². The topological polar surface area (TPSA) is 69.0 Å². The lowest BCUT2D eigenvalue weighted by molar-refractivity contribution is 0.114. The van der Waals surface area contributed by atoms with Crippen LogP contribution < -0.4 is 4.90 Å². The summed E-state index contributed by atoms with van der Waals surface area (Å²) in [7, 11) is 0. The van der Waals surface area contributed by atoms with E-state index in [1.165, 1.54) is 4.90 Å². The molecule has 7 heteroatoms. The van der Waals surface area contributed by atoms with E-state index in [1.54, 1.807) is 12.4 Å². The largest absolute Gasteiger partial charge is 0.465 e. The van der Waals surface area contributed by atoms with Gasteiger partial charge in [0.2, 0.25) is 0 Å². The van der Waals surface area contributed by atoms with Crippen molar-refractivity contribution in [2.24, 2.45) is 4.99 Å². The molecule has 0 bridgehead atoms. The molecule has 1 N–H and O–H groups in total. The Morgan fingerprint density at radius 3 is 2.90 bits per heavy atom. The fraction of sp³-hybridized carbons (Fsp3) is 0.462. The Balaban J connectivity index is 2.30. The first-order valence-corrected chi connectivity index (χ1v) is 6.73. The predicted molar refractivity (Wildman–Crippen MR) is 79.9 cm³/mol. The van der Waals surface area contributed by atoms with Crippen molar-refractivity contribution in [1.82, 2.24) is 9.88 Å². The molecular weight excluding hydrogens is 276 g/mol. The van der Waals surface area contributed by atoms with E-state index in [-0.39, 0.29) is 12.1 Å². The van der Waals surface area contributed by atoms with Crippen molar-refractivity contribution in [3.63, 3.8) is 0 Å². The Labute approximate surface area is 122 Å². The number of isothiocyanates is 1. The Kier molecular flexibility index (Phi) is 4.32. The first-order chi connectivity index (χ1) is 9.54. The highest BCUT2D eigenvalue weighted by Crippen LogP contribution is 2.31. The minimum atomic E-state index is -0.879. The maximum Gasteiger partial charge on any atom is 0.407 e. The van der Waals surface area contributed by atoms with Crippen LogP contribution in [-0.4, -0.2) is 51.4 Å². The summed E-state index contributed by atoms with van der Waals surface area (Å²) in [5.74, 6) is 0. The van der Waals surface area contributed by atoms with Crippen molar-refractivity contribution in [2.75, 3.05) is 18.0 Å². The number of anilines is 1. The highest BCUT2D eigenvalue weighted by Gasteiger charge is 2.32. The van der Waals surface area contributed by atoms with Crippen molar-refractivity contribution < 1.29 is 9.90 Å². The second-order valence-corrected chi connectivity index (χ2v) is 5.04. The van der Waals surface area contributed by atoms with E-state index < -0.39 is 6.09 Å². The van der Waals surface area contributed by atoms with Crippen LogP contribution in [0, 0.1) is 0 Å². The number of hydrogen-bond donors (Lipinski definition) is 1. The van der Waals surface area contributed by atoms with Crippen LogP contribution in [0.15, 0.2) is 23.5 Å². The number of rotatable bonds is 2. The Morgan fingerprint density at radius 2 is 2.25 bits per heavy atom. The van der Waals surface area contributed by atoms with Gasteiger partial charge in [-0.25, -0.2) is 4.79 Å². The van der Waals surface area contributed by atoms with Gasteiger partial charge < -0.3 is 14.9 Å². The lowest BCUT2D eigenvalue weighted by Gasteiger charge is -2.44. The Bertz CT molecular complexity index is 559. The summed E-state index contributed by atoms with van der Waals surface area (Å²) in [6.07, 6.45) is 2.45. The number of carboxylic acid groups (broad SMARTS) is 1. The summed E-state index contributed by atoms with van der Waals surface area (Å²) in [5.41, 5.74) is 1.56. The Hall–Kier alpha value is -1.98. The zero-order valence-electron chi connectivity index (χ0n) is 11.4. The molecule has 1 aliphatic heterocycles. The van der Waals surface area contributed by atoms with Gasteiger partial charge in [-0.15, -0.1) is 0 Å². The third kappa shape index (κ3) is 2.79. The summed E-state index contributed by atoms with van der Waals surface area (Å²) in [4.78, 5) is 22.8. The number of nitrogens with zero attached hydrogens (tertiary/aromatic N) is 4. The molecule has 0 aromatic carbocycles. The van der Waals surface area contributed by atoms with Crippen molar-refractivity contribution in [2.45, 2.75) is 25.9 Å². The van der Waals surface area contributed by atoms with Crippen LogP contribution in [0.1, 0.15) is 13.8 Å². The average Bonchev–Trinajstić information content (AvgIpc) is 2.42. The highest BCUT2D eigenvalue weighted by molar-refractivity contribution is 7.78. The summed E-state index contributed by atoms with van der Waals surface area (Å²) in [6.45, 7) is 4.96. The van der Waals surface area contributed by atoms with Crippen LogP contribution in [0.4, 0.5) is 16.2 Å². The van der Waals surface area contributed by atoms with Gasteiger partial charge in [0.05, 0.1) is 17.0 Å². The smallest absolute Gasteiger partial charge is 0.407 e. The number of amides is 1. The molecule has 0 spiro atoms. The molecule has 106 valence electrons. The third-order valence-corrected chi connectivity index (χ3v) is 3.58. The zero-order chi connectivity index (χ0) is 14.7. The van der Waals surface area contributed by atoms with Crippen molar-refractivity contribution in [3.8, 4) is 0 Å². The van der Waals surface area contributed by atoms with Gasteiger partial charge in [0.15, 0.2) is 0 Å². The van der Waals surface area contributed by atoms with Gasteiger partial charge >= 0.3 is 6.09 Å². The van der Waals surface area contributed by atoms with E-state index in [0.717, 1.165) is 5.69 Å². The Morgan fingerprint density at radius 1 is 1.50 bits per heavy atom. The number of thiocarbonyl (C=S) groups is 1. The van der Waals surface area contributed by atoms with E-state index in [2.05, 4.69) is 32.3 Å². The number of carbonyl (C=O) groups is 1. The van der Waals surface area contributed by atoms with Crippen molar-refractivity contribution in [1.29, 1.82) is 0 Å². The first kappa shape index (κ1) is 14.4. The first-order valence-electron chi connectivity index (χ1n) is 6.32. The standard InChI is InChI=1S/C13H16N4O2S/c1-9-7-17(13(18)19)10(2)6-16(9)12-3-4-14-5-11(12)15-8-20/h3-5,9-10H,6-7H2,1-2H3,(H,18,19). The summed E-state index contributed by atoms with van der Waals surface area (Å²) >= 11 is 4.65. The maximum atomic E-state index is 11.2. The molecule has 1 aromatic heterocycles. The third-order valence-electron chi connectivity index (χ3n) is 3.48. The predicted octanol–water partition coefficient (Wildman–Crippen LogP) is 2.39. The molecule has 2 heterocycles. The van der Waals surface area contributed by atoms with E-state index in [9.17, 15) is 9.90 Å². The van der Waals surface area contributed by atoms with Gasteiger partial charge in [-0.1, -0.05) is 0 Å². The molecule has 1 amide bonds. The van der Waals surface area contributed by atoms with Crippen LogP contribution >= 0.6 is 12.2 Å². The second-order valence-electron chi connectivity index (χ2n) is 4.85. The fourth-order valence-corrected chi connectivity index (χ4v) is 2.58. The molecule has 1 fully saturated rings. The summed E-state index contributed by atoms with van der Waals surface area (Å²) in [6, 6.07) is 1.84. The molecule has 0 aliphatic carbocycles. The van der Waals surface area contributed by atoms with Gasteiger partial charge in [-0.05, 0) is 32.1 Å². The van der Waals surface area contributed by atoms with E-state index >= 15 is 0 Å². The minimum absolute atomic E-state index is 0.0590. The summed E-state index contributed by atoms with van der Waals surface area (Å²) in [5, 5.41) is 11.5. The van der Waals surface area contributed by atoms with Crippen LogP contribution in [0.5, 0.6) is 0 Å². The summed E-state index contributed by atoms with van der Waals surface area (Å²) < 4.78 is 0. The molecule has 0 radical (unpaired) electrons. The normalized spacial score (nSPS) is 22.3. The quantitative estimate of drug-likeness (QED) is 0.669. The highest BCUT2D eigenvalue weighted by atomic mass is 32.1. The van der Waals surface area contributed by atoms with Crippen molar-refractivity contribution in [3.05, 3.63) is 18.5 Å². The lowest BCUT2D eigenvalue weighted by atomic mass is 10.1. The number of aromatic nitrogens is 1. The van der Waals surface area contributed by atoms with E-state index in [4.69, 9.17) is 0 Å². The molecule has 2 unspecified atom stereocenters. The zero-order valence-corrected chi connectivity index (χ0v) is 12.2. The molecule has 20 heavy (non-hydrogen) atoms. The number of pyridine rings is 1. The number of aliphatic imine (C=N–C) groups is 1. The van der Waals surface area contributed by atoms with Gasteiger partial charge in [-0.2, -0.15) is 4.99 Å². The van der Waals surface area contributed by atoms with Gasteiger partial charge in [0, 0.05) is 31.4 Å². The van der Waals surface area contributed by atoms with Crippen LogP contribution in [0.3, 0.4) is 0 Å². The molecule has 1 aliphatic rings. The molecule has 2 atom stereocenters. The van der Waals surface area contributed by atoms with Gasteiger partial charge in [-0.3, -0.25) is 4.98 Å². The van der Waals surface area contributed by atoms with Crippen LogP contribution in [0.25, 0.3) is 0 Å². The molecule has 0 saturated carbocycles. The molecule has 2 rings (SSSR count). The molecule has 6 nitrogen and oxygen atoms in total. The number of hydrogen-bond acceptors (Lipinski definition) is 5. The van der Waals surface area contributed by atoms with E-state index in [1.807, 2.05) is 19.9 Å². The molecular formula is C13H16N4O2S. The number of piperazine rings is 1. The van der Waals surface area contributed by atoms with Gasteiger partial charge in [0.25, 0.3) is 0 Å². The van der Waals surface area contributed by atoms with Crippen molar-refractivity contribution >= 4 is 34.8 Å². The fourth-order valence-electron chi connectivity index (χ4n) is 2.49. The average molecular weight is 292 g/mol. The lowest BCUT2D eigenvalue weighted by Crippen LogP contribution is -2.58. The van der Waals surface area contributed by atoms with Crippen LogP contribution in [-0.2, 0) is 0 Å². The maximum absolute atomic E-state index is 11.2. The minimum Gasteiger partial charge on any atom is -0.465 e. The van der Waals surface area contributed by atoms with Gasteiger partial charge in [0.1, 0.15) is 5.69 Å².